The van der Waals surface area contributed by atoms with Crippen molar-refractivity contribution >= 4 is 34.1 Å². The Bertz CT molecular complexity index is 730. The van der Waals surface area contributed by atoms with Crippen LogP contribution in [0, 0.1) is 21.4 Å². The van der Waals surface area contributed by atoms with E-state index in [1.807, 2.05) is 0 Å². The van der Waals surface area contributed by atoms with Gasteiger partial charge in [0.15, 0.2) is 5.13 Å². The molecule has 1 aromatic heterocycles. The molecular formula is C13H8N4O3S. The van der Waals surface area contributed by atoms with Crippen LogP contribution in [0.5, 0.6) is 0 Å². The molecule has 0 radical (unpaired) electrons. The van der Waals surface area contributed by atoms with Crippen molar-refractivity contribution in [3.8, 4) is 6.07 Å². The number of carbonyl (C=O) groups is 1. The predicted molar refractivity (Wildman–Crippen MR) is 77.4 cm³/mol. The first-order valence-electron chi connectivity index (χ1n) is 5.67. The third-order valence-electron chi connectivity index (χ3n) is 2.43. The molecule has 8 heteroatoms. The molecule has 21 heavy (non-hydrogen) atoms. The number of aromatic nitrogens is 1. The Balaban J connectivity index is 2.18. The monoisotopic (exact) mass is 300 g/mol. The summed E-state index contributed by atoms with van der Waals surface area (Å²) in [7, 11) is 0. The molecule has 0 aliphatic carbocycles. The number of thiazole rings is 1. The SMILES string of the molecule is N#C/C(=C\c1ccc([N+](=O)[O-])cc1)C(=O)Nc1nccs1. The standard InChI is InChI=1S/C13H8N4O3S/c14-8-10(12(18)16-13-15-5-6-21-13)7-9-1-3-11(4-2-9)17(19)20/h1-7H,(H,15,16,18)/b10-7+. The van der Waals surface area contributed by atoms with Gasteiger partial charge in [0, 0.05) is 23.7 Å². The van der Waals surface area contributed by atoms with Crippen molar-refractivity contribution < 1.29 is 9.72 Å². The van der Waals surface area contributed by atoms with Crippen LogP contribution in [0.1, 0.15) is 5.56 Å². The Labute approximate surface area is 123 Å². The molecule has 0 saturated heterocycles. The summed E-state index contributed by atoms with van der Waals surface area (Å²) in [5.41, 5.74) is 0.350. The first-order valence-corrected chi connectivity index (χ1v) is 6.55. The number of carbonyl (C=O) groups excluding carboxylic acids is 1. The lowest BCUT2D eigenvalue weighted by Crippen LogP contribution is -2.13. The number of nitrogens with one attached hydrogen (secondary N) is 1. The van der Waals surface area contributed by atoms with Gasteiger partial charge in [-0.25, -0.2) is 4.98 Å². The van der Waals surface area contributed by atoms with Crippen LogP contribution in [0.25, 0.3) is 6.08 Å². The van der Waals surface area contributed by atoms with E-state index < -0.39 is 10.8 Å². The molecule has 0 aliphatic rings. The van der Waals surface area contributed by atoms with Crippen molar-refractivity contribution in [2.45, 2.75) is 0 Å². The van der Waals surface area contributed by atoms with E-state index in [-0.39, 0.29) is 11.3 Å². The van der Waals surface area contributed by atoms with Crippen LogP contribution in [0.2, 0.25) is 0 Å². The zero-order valence-corrected chi connectivity index (χ0v) is 11.3. The number of hydrogen-bond donors (Lipinski definition) is 1. The number of non-ortho nitro benzene ring substituents is 1. The van der Waals surface area contributed by atoms with Gasteiger partial charge in [-0.2, -0.15) is 5.26 Å². The Morgan fingerprint density at radius 3 is 2.67 bits per heavy atom. The largest absolute Gasteiger partial charge is 0.297 e. The lowest BCUT2D eigenvalue weighted by atomic mass is 10.1. The number of anilines is 1. The number of nitro groups is 1. The number of rotatable bonds is 4. The zero-order chi connectivity index (χ0) is 15.2. The molecule has 104 valence electrons. The molecule has 0 fully saturated rings. The fraction of sp³-hybridized carbons (Fsp3) is 0. The molecular weight excluding hydrogens is 292 g/mol. The Morgan fingerprint density at radius 2 is 2.14 bits per heavy atom. The summed E-state index contributed by atoms with van der Waals surface area (Å²) in [4.78, 5) is 25.8. The second-order valence-corrected chi connectivity index (χ2v) is 4.70. The van der Waals surface area contributed by atoms with Crippen molar-refractivity contribution in [2.24, 2.45) is 0 Å². The van der Waals surface area contributed by atoms with E-state index in [0.29, 0.717) is 10.7 Å². The summed E-state index contributed by atoms with van der Waals surface area (Å²) < 4.78 is 0. The normalized spacial score (nSPS) is 10.7. The molecule has 0 aliphatic heterocycles. The van der Waals surface area contributed by atoms with E-state index in [2.05, 4.69) is 10.3 Å². The van der Waals surface area contributed by atoms with Crippen LogP contribution in [0.4, 0.5) is 10.8 Å². The van der Waals surface area contributed by atoms with Gasteiger partial charge in [-0.05, 0) is 23.8 Å². The van der Waals surface area contributed by atoms with E-state index in [1.165, 1.54) is 47.9 Å². The van der Waals surface area contributed by atoms with E-state index in [1.54, 1.807) is 11.4 Å². The second kappa shape index (κ2) is 6.40. The van der Waals surface area contributed by atoms with Gasteiger partial charge in [-0.3, -0.25) is 20.2 Å². The average molecular weight is 300 g/mol. The highest BCUT2D eigenvalue weighted by atomic mass is 32.1. The van der Waals surface area contributed by atoms with Crippen molar-refractivity contribution in [3.05, 3.63) is 57.1 Å². The van der Waals surface area contributed by atoms with Crippen LogP contribution in [0.3, 0.4) is 0 Å². The smallest absolute Gasteiger partial charge is 0.269 e. The van der Waals surface area contributed by atoms with E-state index in [0.717, 1.165) is 0 Å². The maximum Gasteiger partial charge on any atom is 0.269 e. The predicted octanol–water partition coefficient (Wildman–Crippen LogP) is 2.60. The van der Waals surface area contributed by atoms with E-state index >= 15 is 0 Å². The molecule has 1 N–H and O–H groups in total. The van der Waals surface area contributed by atoms with Crippen molar-refractivity contribution in [1.82, 2.24) is 4.98 Å². The fourth-order valence-electron chi connectivity index (χ4n) is 1.46. The highest BCUT2D eigenvalue weighted by Crippen LogP contribution is 2.16. The van der Waals surface area contributed by atoms with Crippen LogP contribution in [0.15, 0.2) is 41.4 Å². The summed E-state index contributed by atoms with van der Waals surface area (Å²) in [6.45, 7) is 0. The summed E-state index contributed by atoms with van der Waals surface area (Å²) in [6, 6.07) is 7.33. The van der Waals surface area contributed by atoms with Gasteiger partial charge in [0.1, 0.15) is 11.6 Å². The van der Waals surface area contributed by atoms with Gasteiger partial charge in [0.25, 0.3) is 11.6 Å². The molecule has 0 atom stereocenters. The lowest BCUT2D eigenvalue weighted by molar-refractivity contribution is -0.384. The third-order valence-corrected chi connectivity index (χ3v) is 3.12. The minimum Gasteiger partial charge on any atom is -0.297 e. The Morgan fingerprint density at radius 1 is 1.43 bits per heavy atom. The third kappa shape index (κ3) is 3.71. The summed E-state index contributed by atoms with van der Waals surface area (Å²) in [5.74, 6) is -0.578. The minimum absolute atomic E-state index is 0.0575. The molecule has 0 unspecified atom stereocenters. The molecule has 1 heterocycles. The maximum atomic E-state index is 11.9. The Kier molecular flexibility index (Phi) is 4.38. The molecule has 2 rings (SSSR count). The highest BCUT2D eigenvalue weighted by Gasteiger charge is 2.11. The van der Waals surface area contributed by atoms with Gasteiger partial charge >= 0.3 is 0 Å². The number of nitro benzene ring substituents is 1. The molecule has 0 saturated carbocycles. The van der Waals surface area contributed by atoms with Crippen LogP contribution in [-0.4, -0.2) is 15.8 Å². The number of benzene rings is 1. The van der Waals surface area contributed by atoms with E-state index in [9.17, 15) is 14.9 Å². The molecule has 2 aromatic rings. The zero-order valence-electron chi connectivity index (χ0n) is 10.5. The first kappa shape index (κ1) is 14.4. The Hall–Kier alpha value is -3.05. The average Bonchev–Trinajstić information content (AvgIpc) is 2.98. The maximum absolute atomic E-state index is 11.9. The lowest BCUT2D eigenvalue weighted by Gasteiger charge is -2.00. The fourth-order valence-corrected chi connectivity index (χ4v) is 1.98. The van der Waals surface area contributed by atoms with E-state index in [4.69, 9.17) is 5.26 Å². The van der Waals surface area contributed by atoms with Gasteiger partial charge in [0.2, 0.25) is 0 Å². The molecule has 0 spiro atoms. The number of nitriles is 1. The van der Waals surface area contributed by atoms with Gasteiger partial charge in [0.05, 0.1) is 4.92 Å². The quantitative estimate of drug-likeness (QED) is 0.404. The minimum atomic E-state index is -0.578. The molecule has 1 amide bonds. The number of nitrogens with zero attached hydrogens (tertiary/aromatic N) is 3. The van der Waals surface area contributed by atoms with Crippen LogP contribution >= 0.6 is 11.3 Å². The van der Waals surface area contributed by atoms with Gasteiger partial charge in [-0.15, -0.1) is 11.3 Å². The molecule has 0 bridgehead atoms. The second-order valence-electron chi connectivity index (χ2n) is 3.81. The molecule has 7 nitrogen and oxygen atoms in total. The van der Waals surface area contributed by atoms with Gasteiger partial charge < -0.3 is 0 Å². The summed E-state index contributed by atoms with van der Waals surface area (Å²) in [6.07, 6.45) is 2.89. The number of amides is 1. The highest BCUT2D eigenvalue weighted by molar-refractivity contribution is 7.13. The first-order chi connectivity index (χ1) is 10.1. The molecule has 1 aromatic carbocycles. The van der Waals surface area contributed by atoms with Crippen molar-refractivity contribution in [3.63, 3.8) is 0 Å². The summed E-state index contributed by atoms with van der Waals surface area (Å²) >= 11 is 1.24. The van der Waals surface area contributed by atoms with Crippen LogP contribution in [-0.2, 0) is 4.79 Å². The number of hydrogen-bond acceptors (Lipinski definition) is 6. The van der Waals surface area contributed by atoms with Crippen molar-refractivity contribution in [1.29, 1.82) is 5.26 Å². The van der Waals surface area contributed by atoms with Crippen LogP contribution < -0.4 is 5.32 Å². The summed E-state index contributed by atoms with van der Waals surface area (Å²) in [5, 5.41) is 24.2. The van der Waals surface area contributed by atoms with Crippen molar-refractivity contribution in [2.75, 3.05) is 5.32 Å². The van der Waals surface area contributed by atoms with Gasteiger partial charge in [-0.1, -0.05) is 0 Å². The topological polar surface area (TPSA) is 109 Å².